The van der Waals surface area contributed by atoms with Crippen LogP contribution in [0.4, 0.5) is 5.69 Å². The van der Waals surface area contributed by atoms with Crippen LogP contribution in [0, 0.1) is 19.8 Å². The molecule has 2 atom stereocenters. The second-order valence-electron chi connectivity index (χ2n) is 8.20. The molecular formula is C26H26ClNO3. The van der Waals surface area contributed by atoms with Crippen molar-refractivity contribution in [2.75, 3.05) is 11.9 Å². The summed E-state index contributed by atoms with van der Waals surface area (Å²) in [4.78, 5) is 11.3. The molecule has 3 aromatic carbocycles. The lowest BCUT2D eigenvalue weighted by molar-refractivity contribution is -0.142. The summed E-state index contributed by atoms with van der Waals surface area (Å²) >= 11 is 6.81. The van der Waals surface area contributed by atoms with E-state index in [9.17, 15) is 9.90 Å². The Bertz CT molecular complexity index is 1120. The van der Waals surface area contributed by atoms with E-state index in [2.05, 4.69) is 43.4 Å². The summed E-state index contributed by atoms with van der Waals surface area (Å²) < 4.78 is 5.77. The van der Waals surface area contributed by atoms with Gasteiger partial charge in [-0.25, -0.2) is 0 Å². The lowest BCUT2D eigenvalue weighted by Gasteiger charge is -2.16. The predicted octanol–water partition coefficient (Wildman–Crippen LogP) is 6.43. The normalized spacial score (nSPS) is 15.8. The molecule has 0 saturated carbocycles. The third kappa shape index (κ3) is 4.13. The van der Waals surface area contributed by atoms with Crippen LogP contribution in [0.2, 0.25) is 5.02 Å². The lowest BCUT2D eigenvalue weighted by Crippen LogP contribution is -2.19. The number of halogens is 1. The van der Waals surface area contributed by atoms with Crippen LogP contribution in [0.5, 0.6) is 5.75 Å². The van der Waals surface area contributed by atoms with Crippen LogP contribution < -0.4 is 10.1 Å². The molecule has 0 aromatic heterocycles. The van der Waals surface area contributed by atoms with Gasteiger partial charge in [-0.05, 0) is 42.2 Å². The number of carboxylic acids is 1. The highest BCUT2D eigenvalue weighted by Gasteiger charge is 2.32. The zero-order chi connectivity index (χ0) is 22.1. The van der Waals surface area contributed by atoms with Crippen molar-refractivity contribution >= 4 is 23.3 Å². The summed E-state index contributed by atoms with van der Waals surface area (Å²) in [5.41, 5.74) is 7.51. The molecule has 31 heavy (non-hydrogen) atoms. The molecule has 2 N–H and O–H groups in total. The number of nitrogens with one attached hydrogen (secondary N) is 1. The average molecular weight is 436 g/mol. The molecule has 160 valence electrons. The van der Waals surface area contributed by atoms with E-state index in [4.69, 9.17) is 16.3 Å². The number of carboxylic acid groups (broad SMARTS) is 1. The lowest BCUT2D eigenvalue weighted by atomic mass is 9.89. The fourth-order valence-corrected chi connectivity index (χ4v) is 4.56. The Labute approximate surface area is 187 Å². The molecule has 0 radical (unpaired) electrons. The van der Waals surface area contributed by atoms with Gasteiger partial charge in [0, 0.05) is 35.3 Å². The SMILES string of the molecule is Cc1cccc(C)c1-c1cccc(CNc2ccc3c(c2)OC[C@H]3C(C)C(=O)O)c1Cl. The Morgan fingerprint density at radius 3 is 2.58 bits per heavy atom. The van der Waals surface area contributed by atoms with E-state index in [0.717, 1.165) is 33.1 Å². The topological polar surface area (TPSA) is 58.6 Å². The summed E-state index contributed by atoms with van der Waals surface area (Å²) in [5, 5.41) is 13.5. The third-order valence-electron chi connectivity index (χ3n) is 6.14. The van der Waals surface area contributed by atoms with Gasteiger partial charge in [0.25, 0.3) is 0 Å². The van der Waals surface area contributed by atoms with Crippen LogP contribution in [-0.2, 0) is 11.3 Å². The van der Waals surface area contributed by atoms with Crippen molar-refractivity contribution in [3.8, 4) is 16.9 Å². The largest absolute Gasteiger partial charge is 0.493 e. The van der Waals surface area contributed by atoms with E-state index in [1.807, 2.05) is 30.3 Å². The number of rotatable bonds is 6. The fourth-order valence-electron chi connectivity index (χ4n) is 4.28. The van der Waals surface area contributed by atoms with Crippen LogP contribution in [0.15, 0.2) is 54.6 Å². The molecule has 1 unspecified atom stereocenters. The predicted molar refractivity (Wildman–Crippen MR) is 125 cm³/mol. The number of fused-ring (bicyclic) bond motifs is 1. The Kier molecular flexibility index (Phi) is 5.92. The van der Waals surface area contributed by atoms with Gasteiger partial charge in [-0.1, -0.05) is 61.0 Å². The van der Waals surface area contributed by atoms with Crippen LogP contribution in [0.1, 0.15) is 35.1 Å². The minimum Gasteiger partial charge on any atom is -0.493 e. The first-order valence-corrected chi connectivity index (χ1v) is 10.8. The number of aryl methyl sites for hydroxylation is 2. The first kappa shape index (κ1) is 21.3. The maximum atomic E-state index is 11.3. The van der Waals surface area contributed by atoms with Gasteiger partial charge in [-0.3, -0.25) is 4.79 Å². The van der Waals surface area contributed by atoms with Gasteiger partial charge in [0.2, 0.25) is 0 Å². The quantitative estimate of drug-likeness (QED) is 0.468. The highest BCUT2D eigenvalue weighted by atomic mass is 35.5. The number of carbonyl (C=O) groups is 1. The van der Waals surface area contributed by atoms with Crippen molar-refractivity contribution < 1.29 is 14.6 Å². The number of aliphatic carboxylic acids is 1. The second kappa shape index (κ2) is 8.64. The standard InChI is InChI=1S/C26H26ClNO3/c1-15-6-4-7-16(2)24(15)21-9-5-8-18(25(21)27)13-28-19-10-11-20-22(17(3)26(29)30)14-31-23(20)12-19/h4-12,17,22,28H,13-14H2,1-3H3,(H,29,30)/t17?,22-/m0/s1. The van der Waals surface area contributed by atoms with E-state index in [1.54, 1.807) is 6.92 Å². The second-order valence-corrected chi connectivity index (χ2v) is 8.57. The molecule has 0 saturated heterocycles. The van der Waals surface area contributed by atoms with Gasteiger partial charge in [-0.2, -0.15) is 0 Å². The van der Waals surface area contributed by atoms with Crippen molar-refractivity contribution in [2.45, 2.75) is 33.2 Å². The molecule has 1 heterocycles. The van der Waals surface area contributed by atoms with Crippen molar-refractivity contribution in [1.29, 1.82) is 0 Å². The van der Waals surface area contributed by atoms with Crippen molar-refractivity contribution in [1.82, 2.24) is 0 Å². The zero-order valence-corrected chi connectivity index (χ0v) is 18.7. The summed E-state index contributed by atoms with van der Waals surface area (Å²) in [6.07, 6.45) is 0. The molecule has 0 bridgehead atoms. The van der Waals surface area contributed by atoms with E-state index in [0.29, 0.717) is 13.2 Å². The first-order chi connectivity index (χ1) is 14.9. The van der Waals surface area contributed by atoms with E-state index in [-0.39, 0.29) is 5.92 Å². The molecule has 3 aromatic rings. The molecule has 4 rings (SSSR count). The molecule has 5 heteroatoms. The number of hydrogen-bond acceptors (Lipinski definition) is 3. The average Bonchev–Trinajstić information content (AvgIpc) is 3.16. The maximum Gasteiger partial charge on any atom is 0.306 e. The summed E-state index contributed by atoms with van der Waals surface area (Å²) in [7, 11) is 0. The number of anilines is 1. The maximum absolute atomic E-state index is 11.3. The smallest absolute Gasteiger partial charge is 0.306 e. The summed E-state index contributed by atoms with van der Waals surface area (Å²) in [5.74, 6) is -0.655. The molecule has 1 aliphatic rings. The highest BCUT2D eigenvalue weighted by Crippen LogP contribution is 2.40. The van der Waals surface area contributed by atoms with Crippen LogP contribution in [0.3, 0.4) is 0 Å². The van der Waals surface area contributed by atoms with Crippen LogP contribution in [0.25, 0.3) is 11.1 Å². The van der Waals surface area contributed by atoms with Gasteiger partial charge >= 0.3 is 5.97 Å². The van der Waals surface area contributed by atoms with E-state index in [1.165, 1.54) is 16.7 Å². The Morgan fingerprint density at radius 2 is 1.87 bits per heavy atom. The molecular weight excluding hydrogens is 410 g/mol. The van der Waals surface area contributed by atoms with Crippen molar-refractivity contribution in [3.05, 3.63) is 81.9 Å². The Morgan fingerprint density at radius 1 is 1.16 bits per heavy atom. The highest BCUT2D eigenvalue weighted by molar-refractivity contribution is 6.34. The minimum absolute atomic E-state index is 0.120. The fraction of sp³-hybridized carbons (Fsp3) is 0.269. The molecule has 1 aliphatic heterocycles. The molecule has 0 fully saturated rings. The van der Waals surface area contributed by atoms with Crippen molar-refractivity contribution in [2.24, 2.45) is 5.92 Å². The molecule has 4 nitrogen and oxygen atoms in total. The van der Waals surface area contributed by atoms with Gasteiger partial charge < -0.3 is 15.2 Å². The monoisotopic (exact) mass is 435 g/mol. The van der Waals surface area contributed by atoms with Gasteiger partial charge in [0.1, 0.15) is 5.75 Å². The third-order valence-corrected chi connectivity index (χ3v) is 6.58. The van der Waals surface area contributed by atoms with Crippen LogP contribution >= 0.6 is 11.6 Å². The molecule has 0 amide bonds. The van der Waals surface area contributed by atoms with Gasteiger partial charge in [-0.15, -0.1) is 0 Å². The molecule has 0 spiro atoms. The summed E-state index contributed by atoms with van der Waals surface area (Å²) in [6, 6.07) is 18.3. The zero-order valence-electron chi connectivity index (χ0n) is 17.9. The number of hydrogen-bond donors (Lipinski definition) is 2. The van der Waals surface area contributed by atoms with Crippen LogP contribution in [-0.4, -0.2) is 17.7 Å². The number of ether oxygens (including phenoxy) is 1. The van der Waals surface area contributed by atoms with Gasteiger partial charge in [0.15, 0.2) is 0 Å². The molecule has 0 aliphatic carbocycles. The number of benzene rings is 3. The first-order valence-electron chi connectivity index (χ1n) is 10.4. The van der Waals surface area contributed by atoms with E-state index < -0.39 is 11.9 Å². The summed E-state index contributed by atoms with van der Waals surface area (Å²) in [6.45, 7) is 6.91. The van der Waals surface area contributed by atoms with E-state index >= 15 is 0 Å². The Balaban J connectivity index is 1.54. The van der Waals surface area contributed by atoms with Gasteiger partial charge in [0.05, 0.1) is 17.5 Å². The Hall–Kier alpha value is -2.98. The van der Waals surface area contributed by atoms with Crippen molar-refractivity contribution in [3.63, 3.8) is 0 Å². The minimum atomic E-state index is -0.804.